The van der Waals surface area contributed by atoms with E-state index in [2.05, 4.69) is 26.4 Å². The summed E-state index contributed by atoms with van der Waals surface area (Å²) in [4.78, 5) is 273. The predicted octanol–water partition coefficient (Wildman–Crippen LogP) is -1.95. The van der Waals surface area contributed by atoms with Crippen LogP contribution in [0.2, 0.25) is 0 Å². The van der Waals surface area contributed by atoms with E-state index < -0.39 is 332 Å². The van der Waals surface area contributed by atoms with Crippen molar-refractivity contribution in [2.45, 2.75) is 196 Å². The molecule has 10 amide bonds. The number of aliphatic carboxylic acids is 10. The van der Waals surface area contributed by atoms with E-state index in [1.165, 1.54) is 12.1 Å². The summed E-state index contributed by atoms with van der Waals surface area (Å²) in [5, 5.41) is 122. The third kappa shape index (κ3) is 38.1. The Labute approximate surface area is 722 Å². The molecule has 0 spiro atoms. The molecular weight excluding hydrogens is 1710 g/mol. The molecule has 0 aliphatic carbocycles. The van der Waals surface area contributed by atoms with E-state index in [1.807, 2.05) is 31.9 Å². The van der Waals surface area contributed by atoms with Gasteiger partial charge in [-0.3, -0.25) is 67.1 Å². The van der Waals surface area contributed by atoms with Crippen molar-refractivity contribution >= 4 is 193 Å². The number of nitrogens with zero attached hydrogens (tertiary/aromatic N) is 2. The van der Waals surface area contributed by atoms with Crippen molar-refractivity contribution in [1.29, 1.82) is 0 Å². The molecule has 46 nitrogen and oxygen atoms in total. The molecule has 0 aliphatic heterocycles. The van der Waals surface area contributed by atoms with Gasteiger partial charge in [-0.1, -0.05) is 42.0 Å². The minimum atomic E-state index is -1.89. The number of carbonyl (C=O) groups is 22. The van der Waals surface area contributed by atoms with Gasteiger partial charge in [0.25, 0.3) is 5.91 Å². The normalized spacial score (nSPS) is 13.1. The van der Waals surface area contributed by atoms with Crippen LogP contribution in [-0.4, -0.2) is 252 Å². The van der Waals surface area contributed by atoms with Crippen molar-refractivity contribution in [3.63, 3.8) is 0 Å². The van der Waals surface area contributed by atoms with Crippen molar-refractivity contribution in [3.05, 3.63) is 77.6 Å². The summed E-state index contributed by atoms with van der Waals surface area (Å²) >= 11 is 0. The molecule has 0 saturated carbocycles. The number of carbonyl (C=O) groups excluding carboxylic acids is 12. The molecule has 0 fully saturated rings. The van der Waals surface area contributed by atoms with E-state index >= 15 is 0 Å². The number of aromatic nitrogens is 2. The fraction of sp³-hybridized carbons (Fsp3) is 0.446. The van der Waals surface area contributed by atoms with Gasteiger partial charge in [-0.15, -0.1) is 5.10 Å². The molecule has 680 valence electrons. The molecule has 10 atom stereocenters. The van der Waals surface area contributed by atoms with Gasteiger partial charge in [0.15, 0.2) is 5.82 Å². The average Bonchev–Trinajstić information content (AvgIpc) is 1.61. The average molecular weight is 1810 g/mol. The molecule has 4 aromatic rings. The summed E-state index contributed by atoms with van der Waals surface area (Å²) in [5.74, 6) is -30.5. The number of carboxylic acids is 10. The molecule has 24 N–H and O–H groups in total. The number of nitrogen functional groups attached to an aromatic ring is 1. The summed E-state index contributed by atoms with van der Waals surface area (Å²) in [6.45, 7) is 1.07. The standard InChI is InChI=1S/C74H91FN14O32.3H2S/c1-34-5-12-41(75)37(29-34)31-60(99)79-38-9-6-35(7-10-38)40-3-2-4-51-63(40)64(77)88-89(51)61(100)33-78-59(98)32-42(76)65(103)87-50(74(120)121)20-27-58(97)86-49(73(118)119)19-26-57(96)85-48(72(116)117)18-25-56(95)84-47(71(114)115)17-24-55(94)83-46(70(112)113)16-23-54(93)82-45(69(110)111)15-22-53(92)81-44(68(108)109)14-21-52(91)80-43(67(106)107)13-11-39(90)30-36(66(104)105)8-28-62(101)102;;;/h2-7,9-10,12,29,36,42-50H,8,11,13-28,30-33,76H2,1H3,(H2,77,88)(H,78,98)(H,79,99)(H,80,91)(H,81,92)(H,82,93)(H,83,94)(H,84,95)(H,85,96)(H,86,97)(H,87,103)(H,101,102)(H,104,105)(H,106,107)(H,108,109)(H,110,111)(H,112,113)(H,114,115)(H,116,117)(H,118,119)(H,120,121);3*1H2/t36-,42+,43+,44+,45+,46+,47+,48+,49+,50+;;;/m1.../s1. The maximum Gasteiger partial charge on any atom is 0.326 e. The zero-order valence-corrected chi connectivity index (χ0v) is 69.0. The zero-order chi connectivity index (χ0) is 90.7. The molecule has 4 rings (SSSR count). The highest BCUT2D eigenvalue weighted by molar-refractivity contribution is 7.59. The monoisotopic (exact) mass is 1810 g/mol. The second-order valence-corrected chi connectivity index (χ2v) is 27.5. The van der Waals surface area contributed by atoms with Crippen molar-refractivity contribution in [3.8, 4) is 11.1 Å². The summed E-state index contributed by atoms with van der Waals surface area (Å²) in [6.07, 6.45) is -14.2. The van der Waals surface area contributed by atoms with E-state index in [-0.39, 0.29) is 63.8 Å². The number of benzene rings is 3. The largest absolute Gasteiger partial charge is 0.481 e. The van der Waals surface area contributed by atoms with Crippen LogP contribution in [-0.2, 0) is 107 Å². The van der Waals surface area contributed by atoms with Gasteiger partial charge >= 0.3 is 59.7 Å². The van der Waals surface area contributed by atoms with Crippen molar-refractivity contribution < 1.29 is 161 Å². The Kier molecular flexibility index (Phi) is 46.8. The molecule has 50 heteroatoms. The van der Waals surface area contributed by atoms with Gasteiger partial charge in [0.05, 0.1) is 42.2 Å². The SMILES string of the molecule is Cc1ccc(F)c(CC(=O)Nc2ccc(-c3cccc4c3c(N)nn4C(=O)CNC(=O)C[C@H](N)C(=O)N[C@@H](CCC(=O)N[C@@H](CCC(=O)N[C@@H](CCC(=O)N[C@@H](CCC(=O)N[C@@H](CCC(=O)N[C@@H](CCC(=O)N[C@@H](CCC(=O)N[C@@H](CCC(=O)C[C@@H](CCC(=O)O)C(=O)O)C(=O)O)C(=O)O)C(=O)O)C(=O)O)C(=O)O)C(=O)O)C(=O)O)C(=O)O)cc2)c1.S.S.S. The first-order valence-corrected chi connectivity index (χ1v) is 37.0. The fourth-order valence-electron chi connectivity index (χ4n) is 11.6. The second kappa shape index (κ2) is 53.4. The van der Waals surface area contributed by atoms with Crippen molar-refractivity contribution in [1.82, 2.24) is 57.6 Å². The molecule has 1 heterocycles. The van der Waals surface area contributed by atoms with Crippen LogP contribution >= 0.6 is 40.5 Å². The molecule has 1 aromatic heterocycles. The van der Waals surface area contributed by atoms with Gasteiger partial charge < -0.3 is 116 Å². The Morgan fingerprint density at radius 1 is 0.411 bits per heavy atom. The highest BCUT2D eigenvalue weighted by Crippen LogP contribution is 2.33. The number of amides is 10. The first-order valence-electron chi connectivity index (χ1n) is 37.0. The summed E-state index contributed by atoms with van der Waals surface area (Å²) < 4.78 is 15.2. The maximum absolute atomic E-state index is 14.3. The van der Waals surface area contributed by atoms with E-state index in [4.69, 9.17) is 16.6 Å². The van der Waals surface area contributed by atoms with E-state index in [9.17, 15) is 156 Å². The van der Waals surface area contributed by atoms with E-state index in [1.54, 1.807) is 55.5 Å². The molecule has 0 bridgehead atoms. The lowest BCUT2D eigenvalue weighted by molar-refractivity contribution is -0.146. The number of aryl methyl sites for hydroxylation is 1. The third-order valence-electron chi connectivity index (χ3n) is 18.1. The lowest BCUT2D eigenvalue weighted by atomic mass is 9.94. The number of halogens is 1. The minimum Gasteiger partial charge on any atom is -0.481 e. The number of fused-ring (bicyclic) bond motifs is 1. The summed E-state index contributed by atoms with van der Waals surface area (Å²) in [7, 11) is 0. The summed E-state index contributed by atoms with van der Waals surface area (Å²) in [5.41, 5.74) is 14.9. The van der Waals surface area contributed by atoms with Gasteiger partial charge in [-0.05, 0) is 106 Å². The van der Waals surface area contributed by atoms with E-state index in [0.29, 0.717) is 22.2 Å². The number of rotatable bonds is 55. The van der Waals surface area contributed by atoms with Crippen molar-refractivity contribution in [2.75, 3.05) is 17.6 Å². The maximum atomic E-state index is 14.3. The van der Waals surface area contributed by atoms with Gasteiger partial charge in [-0.25, -0.2) is 42.7 Å². The summed E-state index contributed by atoms with van der Waals surface area (Å²) in [6, 6.07) is -0.745. The Morgan fingerprint density at radius 2 is 0.766 bits per heavy atom. The van der Waals surface area contributed by atoms with Crippen LogP contribution in [0.25, 0.3) is 22.0 Å². The molecule has 3 aromatic carbocycles. The number of ketones is 1. The van der Waals surface area contributed by atoms with Gasteiger partial charge in [0.1, 0.15) is 59.9 Å². The Hall–Kier alpha value is -13.4. The topological polar surface area (TPSA) is 768 Å². The zero-order valence-electron chi connectivity index (χ0n) is 66.0. The van der Waals surface area contributed by atoms with Crippen LogP contribution in [0.1, 0.15) is 144 Å². The van der Waals surface area contributed by atoms with Crippen LogP contribution in [0.4, 0.5) is 15.9 Å². The lowest BCUT2D eigenvalue weighted by Gasteiger charge is -2.19. The first kappa shape index (κ1) is 109. The number of nitrogens with two attached hydrogens (primary N) is 2. The van der Waals surface area contributed by atoms with Crippen LogP contribution in [0, 0.1) is 18.7 Å². The van der Waals surface area contributed by atoms with Crippen LogP contribution in [0.15, 0.2) is 60.7 Å². The number of carboxylic acid groups (broad SMARTS) is 10. The van der Waals surface area contributed by atoms with Crippen molar-refractivity contribution in [2.24, 2.45) is 11.7 Å². The fourth-order valence-corrected chi connectivity index (χ4v) is 11.6. The number of hydrogen-bond donors (Lipinski definition) is 22. The third-order valence-corrected chi connectivity index (χ3v) is 18.1. The van der Waals surface area contributed by atoms with Crippen LogP contribution < -0.4 is 64.6 Å². The highest BCUT2D eigenvalue weighted by Gasteiger charge is 2.33. The van der Waals surface area contributed by atoms with Crippen LogP contribution in [0.5, 0.6) is 0 Å². The highest BCUT2D eigenvalue weighted by atomic mass is 32.1. The molecule has 0 aliphatic rings. The lowest BCUT2D eigenvalue weighted by Crippen LogP contribution is -2.50. The smallest absolute Gasteiger partial charge is 0.326 e. The molecular formula is C74H97FN14O32S3. The number of nitrogens with one attached hydrogen (secondary N) is 10. The Morgan fingerprint density at radius 3 is 1.11 bits per heavy atom. The van der Waals surface area contributed by atoms with Crippen LogP contribution in [0.3, 0.4) is 0 Å². The number of hydrogen-bond acceptors (Lipinski definition) is 25. The van der Waals surface area contributed by atoms with Gasteiger partial charge in [-0.2, -0.15) is 45.2 Å². The van der Waals surface area contributed by atoms with E-state index in [0.717, 1.165) is 10.2 Å². The second-order valence-electron chi connectivity index (χ2n) is 27.5. The van der Waals surface area contributed by atoms with Gasteiger partial charge in [0.2, 0.25) is 59.1 Å². The quantitative estimate of drug-likeness (QED) is 0.0228. The Bertz CT molecular complexity index is 4610. The molecule has 0 saturated heterocycles. The molecule has 0 unspecified atom stereocenters. The first-order chi connectivity index (χ1) is 56.8. The number of Topliss-reactive ketones (excluding diaryl/α,β-unsaturated/α-hetero) is 1. The Balaban J connectivity index is 0.0000256. The molecule has 0 radical (unpaired) electrons. The van der Waals surface area contributed by atoms with Gasteiger partial charge in [0, 0.05) is 69.9 Å². The number of anilines is 2. The predicted molar refractivity (Wildman–Crippen MR) is 438 cm³/mol. The molecule has 124 heavy (non-hydrogen) atoms. The minimum absolute atomic E-state index is 0.